The molecule has 0 aromatic heterocycles. The largest absolute Gasteiger partial charge is 0.388 e. The second-order valence-corrected chi connectivity index (χ2v) is 8.32. The molecule has 0 radical (unpaired) electrons. The summed E-state index contributed by atoms with van der Waals surface area (Å²) in [5.74, 6) is 0.754. The summed E-state index contributed by atoms with van der Waals surface area (Å²) in [7, 11) is 0. The Labute approximate surface area is 181 Å². The molecule has 0 saturated carbocycles. The number of hydrogen-bond acceptors (Lipinski definition) is 2. The lowest BCUT2D eigenvalue weighted by Crippen LogP contribution is -2.08. The molecule has 0 spiro atoms. The van der Waals surface area contributed by atoms with Gasteiger partial charge in [0, 0.05) is 19.3 Å². The molecule has 0 aromatic carbocycles. The third kappa shape index (κ3) is 25.4. The molecular formula is C24H49ClN2O. The van der Waals surface area contributed by atoms with E-state index in [2.05, 4.69) is 6.92 Å². The van der Waals surface area contributed by atoms with Crippen molar-refractivity contribution in [2.24, 2.45) is 5.73 Å². The smallest absolute Gasteiger partial charge is 0.132 e. The third-order valence-corrected chi connectivity index (χ3v) is 5.46. The number of amidine groups is 1. The van der Waals surface area contributed by atoms with Crippen molar-refractivity contribution in [1.29, 1.82) is 5.41 Å². The summed E-state index contributed by atoms with van der Waals surface area (Å²) in [5, 5.41) is 7.17. The van der Waals surface area contributed by atoms with Crippen molar-refractivity contribution in [3.8, 4) is 0 Å². The van der Waals surface area contributed by atoms with E-state index in [0.717, 1.165) is 51.4 Å². The topological polar surface area (TPSA) is 66.9 Å². The molecule has 168 valence electrons. The van der Waals surface area contributed by atoms with Gasteiger partial charge in [-0.15, -0.1) is 12.4 Å². The van der Waals surface area contributed by atoms with Gasteiger partial charge in [0.2, 0.25) is 0 Å². The second-order valence-electron chi connectivity index (χ2n) is 8.32. The number of rotatable bonds is 22. The molecule has 28 heavy (non-hydrogen) atoms. The van der Waals surface area contributed by atoms with Crippen molar-refractivity contribution < 1.29 is 4.79 Å². The molecule has 0 aromatic rings. The Morgan fingerprint density at radius 3 is 1.18 bits per heavy atom. The fraction of sp³-hybridized carbons (Fsp3) is 0.917. The number of Topliss-reactive ketones (excluding diaryl/α,β-unsaturated/α-hetero) is 1. The Morgan fingerprint density at radius 1 is 0.571 bits per heavy atom. The normalized spacial score (nSPS) is 10.6. The van der Waals surface area contributed by atoms with Crippen LogP contribution in [0.15, 0.2) is 0 Å². The van der Waals surface area contributed by atoms with E-state index in [1.165, 1.54) is 83.5 Å². The first-order valence-electron chi connectivity index (χ1n) is 12.0. The van der Waals surface area contributed by atoms with E-state index in [0.29, 0.717) is 11.6 Å². The number of nitrogens with one attached hydrogen (secondary N) is 1. The van der Waals surface area contributed by atoms with Gasteiger partial charge in [0.15, 0.2) is 0 Å². The lowest BCUT2D eigenvalue weighted by atomic mass is 10.0. The van der Waals surface area contributed by atoms with Crippen molar-refractivity contribution in [1.82, 2.24) is 0 Å². The van der Waals surface area contributed by atoms with Crippen LogP contribution in [0.4, 0.5) is 0 Å². The Balaban J connectivity index is 0. The van der Waals surface area contributed by atoms with Gasteiger partial charge in [0.1, 0.15) is 5.78 Å². The fourth-order valence-corrected chi connectivity index (χ4v) is 3.63. The van der Waals surface area contributed by atoms with Gasteiger partial charge >= 0.3 is 0 Å². The van der Waals surface area contributed by atoms with E-state index >= 15 is 0 Å². The van der Waals surface area contributed by atoms with Crippen LogP contribution in [0.2, 0.25) is 0 Å². The van der Waals surface area contributed by atoms with Gasteiger partial charge in [0.05, 0.1) is 5.84 Å². The number of unbranched alkanes of at least 4 members (excludes halogenated alkanes) is 16. The minimum Gasteiger partial charge on any atom is -0.388 e. The predicted molar refractivity (Wildman–Crippen MR) is 127 cm³/mol. The zero-order valence-corrected chi connectivity index (χ0v) is 19.6. The van der Waals surface area contributed by atoms with Crippen LogP contribution in [-0.4, -0.2) is 11.6 Å². The highest BCUT2D eigenvalue weighted by Gasteiger charge is 2.02. The maximum absolute atomic E-state index is 11.9. The van der Waals surface area contributed by atoms with Gasteiger partial charge in [-0.1, -0.05) is 103 Å². The Kier molecular flexibility index (Phi) is 25.9. The maximum atomic E-state index is 11.9. The van der Waals surface area contributed by atoms with E-state index in [1.807, 2.05) is 0 Å². The molecule has 4 heteroatoms. The molecule has 0 heterocycles. The van der Waals surface area contributed by atoms with E-state index < -0.39 is 0 Å². The van der Waals surface area contributed by atoms with Crippen LogP contribution in [0.25, 0.3) is 0 Å². The van der Waals surface area contributed by atoms with E-state index in [-0.39, 0.29) is 12.4 Å². The summed E-state index contributed by atoms with van der Waals surface area (Å²) in [4.78, 5) is 11.9. The van der Waals surface area contributed by atoms with Crippen LogP contribution in [-0.2, 0) is 4.79 Å². The standard InChI is InChI=1S/C24H48N2O.ClH/c1-2-3-4-5-6-7-8-9-10-11-12-14-17-20-23(27)21-18-15-13-16-19-22-24(25)26;/h2-22H2,1H3,(H3,25,26);1H. The maximum Gasteiger partial charge on any atom is 0.132 e. The van der Waals surface area contributed by atoms with Crippen LogP contribution >= 0.6 is 12.4 Å². The summed E-state index contributed by atoms with van der Waals surface area (Å²) in [6, 6.07) is 0. The number of carbonyl (C=O) groups is 1. The number of halogens is 1. The molecular weight excluding hydrogens is 368 g/mol. The van der Waals surface area contributed by atoms with Crippen LogP contribution < -0.4 is 5.73 Å². The zero-order valence-electron chi connectivity index (χ0n) is 18.7. The Hall–Kier alpha value is -0.570. The van der Waals surface area contributed by atoms with Crippen LogP contribution in [0.1, 0.15) is 142 Å². The summed E-state index contributed by atoms with van der Waals surface area (Å²) in [6.45, 7) is 2.28. The summed E-state index contributed by atoms with van der Waals surface area (Å²) < 4.78 is 0. The molecule has 0 aliphatic rings. The SMILES string of the molecule is CCCCCCCCCCCCCCCC(=O)CCCCCCCC(=N)N.Cl. The summed E-state index contributed by atoms with van der Waals surface area (Å²) >= 11 is 0. The number of carbonyl (C=O) groups excluding carboxylic acids is 1. The van der Waals surface area contributed by atoms with E-state index in [9.17, 15) is 4.79 Å². The lowest BCUT2D eigenvalue weighted by Gasteiger charge is -2.04. The van der Waals surface area contributed by atoms with Crippen molar-refractivity contribution in [3.63, 3.8) is 0 Å². The van der Waals surface area contributed by atoms with Gasteiger partial charge in [-0.3, -0.25) is 10.2 Å². The fourth-order valence-electron chi connectivity index (χ4n) is 3.63. The molecule has 0 atom stereocenters. The molecule has 0 unspecified atom stereocenters. The third-order valence-electron chi connectivity index (χ3n) is 5.46. The summed E-state index contributed by atoms with van der Waals surface area (Å²) in [6.07, 6.45) is 25.4. The molecule has 0 aliphatic heterocycles. The number of hydrogen-bond donors (Lipinski definition) is 2. The van der Waals surface area contributed by atoms with Gasteiger partial charge in [-0.05, 0) is 19.3 Å². The highest BCUT2D eigenvalue weighted by atomic mass is 35.5. The molecule has 0 bridgehead atoms. The van der Waals surface area contributed by atoms with Crippen molar-refractivity contribution >= 4 is 24.0 Å². The van der Waals surface area contributed by atoms with Crippen LogP contribution in [0.5, 0.6) is 0 Å². The van der Waals surface area contributed by atoms with Crippen LogP contribution in [0, 0.1) is 5.41 Å². The van der Waals surface area contributed by atoms with E-state index in [1.54, 1.807) is 0 Å². The van der Waals surface area contributed by atoms with Gasteiger partial charge in [-0.25, -0.2) is 0 Å². The summed E-state index contributed by atoms with van der Waals surface area (Å²) in [5.41, 5.74) is 5.33. The molecule has 0 fully saturated rings. The quantitative estimate of drug-likeness (QED) is 0.106. The van der Waals surface area contributed by atoms with Crippen molar-refractivity contribution in [3.05, 3.63) is 0 Å². The molecule has 3 nitrogen and oxygen atoms in total. The highest BCUT2D eigenvalue weighted by Crippen LogP contribution is 2.14. The first-order valence-corrected chi connectivity index (χ1v) is 12.0. The van der Waals surface area contributed by atoms with Gasteiger partial charge in [0.25, 0.3) is 0 Å². The van der Waals surface area contributed by atoms with Gasteiger partial charge in [-0.2, -0.15) is 0 Å². The van der Waals surface area contributed by atoms with Crippen LogP contribution in [0.3, 0.4) is 0 Å². The molecule has 0 rings (SSSR count). The highest BCUT2D eigenvalue weighted by molar-refractivity contribution is 5.85. The molecule has 0 amide bonds. The average Bonchev–Trinajstić information content (AvgIpc) is 2.64. The molecule has 0 aliphatic carbocycles. The monoisotopic (exact) mass is 416 g/mol. The minimum atomic E-state index is 0. The van der Waals surface area contributed by atoms with Crippen molar-refractivity contribution in [2.75, 3.05) is 0 Å². The van der Waals surface area contributed by atoms with E-state index in [4.69, 9.17) is 11.1 Å². The first kappa shape index (κ1) is 29.6. The predicted octanol–water partition coefficient (Wildman–Crippen LogP) is 8.13. The van der Waals surface area contributed by atoms with Gasteiger partial charge < -0.3 is 5.73 Å². The van der Waals surface area contributed by atoms with Crippen molar-refractivity contribution in [2.45, 2.75) is 142 Å². The number of ketones is 1. The number of nitrogens with two attached hydrogens (primary N) is 1. The molecule has 0 saturated heterocycles. The Bertz CT molecular complexity index is 347. The Morgan fingerprint density at radius 2 is 0.857 bits per heavy atom. The second kappa shape index (κ2) is 24.5. The lowest BCUT2D eigenvalue weighted by molar-refractivity contribution is -0.119. The zero-order chi connectivity index (χ0) is 20.0. The minimum absolute atomic E-state index is 0. The first-order chi connectivity index (χ1) is 13.2. The average molecular weight is 417 g/mol. The molecule has 3 N–H and O–H groups in total.